The average Bonchev–Trinajstić information content (AvgIpc) is 3.31. The van der Waals surface area contributed by atoms with Gasteiger partial charge in [-0.05, 0) is 60.7 Å². The summed E-state index contributed by atoms with van der Waals surface area (Å²) in [6.07, 6.45) is 11.4. The fraction of sp³-hybridized carbons (Fsp3) is 0.400. The fourth-order valence-corrected chi connectivity index (χ4v) is 6.81. The number of anilines is 1. The summed E-state index contributed by atoms with van der Waals surface area (Å²) >= 11 is 1.26. The Morgan fingerprint density at radius 3 is 2.56 bits per heavy atom. The summed E-state index contributed by atoms with van der Waals surface area (Å²) < 4.78 is 29.2. The van der Waals surface area contributed by atoms with Crippen molar-refractivity contribution in [1.29, 1.82) is 0 Å². The lowest BCUT2D eigenvalue weighted by Gasteiger charge is -2.25. The van der Waals surface area contributed by atoms with Crippen molar-refractivity contribution < 1.29 is 8.42 Å². The van der Waals surface area contributed by atoms with Gasteiger partial charge in [0.2, 0.25) is 0 Å². The van der Waals surface area contributed by atoms with Crippen molar-refractivity contribution in [1.82, 2.24) is 10.3 Å². The van der Waals surface area contributed by atoms with E-state index in [0.717, 1.165) is 21.9 Å². The van der Waals surface area contributed by atoms with Gasteiger partial charge in [0.1, 0.15) is 4.21 Å². The Hall–Kier alpha value is -2.22. The van der Waals surface area contributed by atoms with Crippen LogP contribution < -0.4 is 10.0 Å². The van der Waals surface area contributed by atoms with Crippen molar-refractivity contribution in [3.05, 3.63) is 66.5 Å². The number of pyridine rings is 1. The third-order valence-electron chi connectivity index (χ3n) is 6.13. The first-order valence-electron chi connectivity index (χ1n) is 11.4. The van der Waals surface area contributed by atoms with Gasteiger partial charge in [0.25, 0.3) is 10.0 Å². The maximum Gasteiger partial charge on any atom is 0.271 e. The van der Waals surface area contributed by atoms with Gasteiger partial charge in [-0.2, -0.15) is 0 Å². The van der Waals surface area contributed by atoms with Crippen LogP contribution in [0.15, 0.2) is 65.1 Å². The lowest BCUT2D eigenvalue weighted by Crippen LogP contribution is -2.29. The van der Waals surface area contributed by atoms with Crippen LogP contribution in [0.4, 0.5) is 5.69 Å². The highest BCUT2D eigenvalue weighted by atomic mass is 32.2. The molecule has 1 aliphatic rings. The Kier molecular flexibility index (Phi) is 7.60. The zero-order valence-corrected chi connectivity index (χ0v) is 20.1. The Morgan fingerprint density at radius 1 is 1.03 bits per heavy atom. The number of nitrogens with one attached hydrogen (secondary N) is 2. The highest BCUT2D eigenvalue weighted by Gasteiger charge is 2.20. The largest absolute Gasteiger partial charge is 0.310 e. The van der Waals surface area contributed by atoms with Crippen LogP contribution >= 0.6 is 11.3 Å². The van der Waals surface area contributed by atoms with E-state index in [0.29, 0.717) is 22.5 Å². The molecule has 2 heterocycles. The zero-order chi connectivity index (χ0) is 22.4. The molecule has 1 fully saturated rings. The number of rotatable bonds is 9. The first kappa shape index (κ1) is 23.0. The molecule has 7 heteroatoms. The minimum atomic E-state index is -3.66. The molecular weight excluding hydrogens is 438 g/mol. The van der Waals surface area contributed by atoms with Gasteiger partial charge >= 0.3 is 0 Å². The standard InChI is InChI=1S/C25H31N3O2S2/c1-19(17-20-7-3-2-4-8-20)27-18-22-9-5-6-10-23(22)28-32(29,30)25-12-11-24(31-25)21-13-15-26-16-14-21/h5-6,9-16,19-20,27-28H,2-4,7-8,17-18H2,1H3/t19-/m0/s1. The maximum absolute atomic E-state index is 13.1. The van der Waals surface area contributed by atoms with Crippen molar-refractivity contribution in [2.24, 2.45) is 5.92 Å². The van der Waals surface area contributed by atoms with E-state index in [2.05, 4.69) is 21.9 Å². The number of benzene rings is 1. The predicted molar refractivity (Wildman–Crippen MR) is 132 cm³/mol. The highest BCUT2D eigenvalue weighted by molar-refractivity contribution is 7.94. The molecule has 0 unspecified atom stereocenters. The average molecular weight is 470 g/mol. The van der Waals surface area contributed by atoms with Gasteiger partial charge in [0, 0.05) is 29.9 Å². The number of hydrogen-bond donors (Lipinski definition) is 2. The molecule has 0 radical (unpaired) electrons. The van der Waals surface area contributed by atoms with Crippen LogP contribution in [0.1, 0.15) is 51.0 Å². The number of hydrogen-bond acceptors (Lipinski definition) is 5. The quantitative estimate of drug-likeness (QED) is 0.400. The van der Waals surface area contributed by atoms with E-state index >= 15 is 0 Å². The molecule has 2 N–H and O–H groups in total. The van der Waals surface area contributed by atoms with Crippen LogP contribution in [0.25, 0.3) is 10.4 Å². The Labute approximate surface area is 195 Å². The van der Waals surface area contributed by atoms with Crippen LogP contribution in [-0.2, 0) is 16.6 Å². The molecule has 170 valence electrons. The lowest BCUT2D eigenvalue weighted by molar-refractivity contribution is 0.305. The number of para-hydroxylation sites is 1. The Bertz CT molecular complexity index is 1110. The minimum Gasteiger partial charge on any atom is -0.310 e. The number of nitrogens with zero attached hydrogens (tertiary/aromatic N) is 1. The topological polar surface area (TPSA) is 71.1 Å². The summed E-state index contributed by atoms with van der Waals surface area (Å²) in [5.41, 5.74) is 2.55. The molecule has 2 aromatic heterocycles. The molecule has 5 nitrogen and oxygen atoms in total. The van der Waals surface area contributed by atoms with Crippen LogP contribution in [0.3, 0.4) is 0 Å². The van der Waals surface area contributed by atoms with Crippen LogP contribution in [0.5, 0.6) is 0 Å². The van der Waals surface area contributed by atoms with Crippen molar-refractivity contribution >= 4 is 27.0 Å². The van der Waals surface area contributed by atoms with Gasteiger partial charge in [-0.25, -0.2) is 8.42 Å². The van der Waals surface area contributed by atoms with Gasteiger partial charge in [0.05, 0.1) is 5.69 Å². The second kappa shape index (κ2) is 10.6. The first-order chi connectivity index (χ1) is 15.5. The third kappa shape index (κ3) is 5.97. The van der Waals surface area contributed by atoms with Crippen LogP contribution in [0, 0.1) is 5.92 Å². The van der Waals surface area contributed by atoms with Gasteiger partial charge < -0.3 is 5.32 Å². The molecule has 0 bridgehead atoms. The highest BCUT2D eigenvalue weighted by Crippen LogP contribution is 2.32. The SMILES string of the molecule is C[C@@H](CC1CCCCC1)NCc1ccccc1NS(=O)(=O)c1ccc(-c2ccncc2)s1. The monoisotopic (exact) mass is 469 g/mol. The molecule has 4 rings (SSSR count). The van der Waals surface area contributed by atoms with E-state index in [9.17, 15) is 8.42 Å². The lowest BCUT2D eigenvalue weighted by atomic mass is 9.85. The number of sulfonamides is 1. The normalized spacial score (nSPS) is 16.0. The van der Waals surface area contributed by atoms with E-state index in [1.807, 2.05) is 42.5 Å². The van der Waals surface area contributed by atoms with Crippen LogP contribution in [-0.4, -0.2) is 19.4 Å². The maximum atomic E-state index is 13.1. The van der Waals surface area contributed by atoms with Crippen LogP contribution in [0.2, 0.25) is 0 Å². The third-order valence-corrected chi connectivity index (χ3v) is 9.12. The van der Waals surface area contributed by atoms with E-state index in [4.69, 9.17) is 0 Å². The molecule has 0 saturated heterocycles. The van der Waals surface area contributed by atoms with E-state index in [1.54, 1.807) is 18.5 Å². The van der Waals surface area contributed by atoms with E-state index in [1.165, 1.54) is 49.9 Å². The summed E-state index contributed by atoms with van der Waals surface area (Å²) in [5, 5.41) is 3.60. The number of aromatic nitrogens is 1. The Morgan fingerprint density at radius 2 is 1.78 bits per heavy atom. The Balaban J connectivity index is 1.41. The smallest absolute Gasteiger partial charge is 0.271 e. The predicted octanol–water partition coefficient (Wildman–Crippen LogP) is 6.06. The summed E-state index contributed by atoms with van der Waals surface area (Å²) in [6.45, 7) is 2.87. The fourth-order valence-electron chi connectivity index (χ4n) is 4.40. The molecule has 1 atom stereocenters. The molecule has 1 aromatic carbocycles. The molecular formula is C25H31N3O2S2. The molecule has 3 aromatic rings. The second-order valence-corrected chi connectivity index (χ2v) is 11.6. The van der Waals surface area contributed by atoms with Gasteiger partial charge in [-0.15, -0.1) is 11.3 Å². The van der Waals surface area contributed by atoms with Gasteiger partial charge in [-0.1, -0.05) is 50.3 Å². The van der Waals surface area contributed by atoms with Crippen molar-refractivity contribution in [3.63, 3.8) is 0 Å². The van der Waals surface area contributed by atoms with Gasteiger partial charge in [-0.3, -0.25) is 9.71 Å². The molecule has 0 amide bonds. The van der Waals surface area contributed by atoms with Gasteiger partial charge in [0.15, 0.2) is 0 Å². The molecule has 0 spiro atoms. The minimum absolute atomic E-state index is 0.303. The van der Waals surface area contributed by atoms with Crippen molar-refractivity contribution in [3.8, 4) is 10.4 Å². The molecule has 32 heavy (non-hydrogen) atoms. The molecule has 1 saturated carbocycles. The molecule has 0 aliphatic heterocycles. The summed E-state index contributed by atoms with van der Waals surface area (Å²) in [6, 6.07) is 15.3. The first-order valence-corrected chi connectivity index (χ1v) is 13.7. The summed E-state index contributed by atoms with van der Waals surface area (Å²) in [5.74, 6) is 0.813. The van der Waals surface area contributed by atoms with Crippen molar-refractivity contribution in [2.75, 3.05) is 4.72 Å². The molecule has 1 aliphatic carbocycles. The summed E-state index contributed by atoms with van der Waals surface area (Å²) in [4.78, 5) is 4.92. The number of thiophene rings is 1. The van der Waals surface area contributed by atoms with E-state index in [-0.39, 0.29) is 0 Å². The zero-order valence-electron chi connectivity index (χ0n) is 18.5. The van der Waals surface area contributed by atoms with E-state index < -0.39 is 10.0 Å². The van der Waals surface area contributed by atoms with Crippen molar-refractivity contribution in [2.45, 2.75) is 62.2 Å². The second-order valence-electron chi connectivity index (χ2n) is 8.64. The summed E-state index contributed by atoms with van der Waals surface area (Å²) in [7, 11) is -3.66.